The van der Waals surface area contributed by atoms with Crippen LogP contribution in [0.1, 0.15) is 5.69 Å². The number of hydrogen-bond donors (Lipinski definition) is 2. The number of rotatable bonds is 2. The molecule has 0 spiro atoms. The van der Waals surface area contributed by atoms with Crippen LogP contribution in [-0.4, -0.2) is 18.5 Å². The Morgan fingerprint density at radius 3 is 2.67 bits per heavy atom. The molecule has 5 nitrogen and oxygen atoms in total. The van der Waals surface area contributed by atoms with E-state index in [4.69, 9.17) is 10.2 Å². The zero-order valence-electron chi connectivity index (χ0n) is 6.14. The molecular formula is C6H8N2O3S. The second-order valence-electron chi connectivity index (χ2n) is 2.15. The molecule has 6 heteroatoms. The van der Waals surface area contributed by atoms with Gasteiger partial charge in [-0.05, 0) is 12.1 Å². The van der Waals surface area contributed by atoms with Crippen molar-refractivity contribution in [2.45, 2.75) is 11.5 Å². The van der Waals surface area contributed by atoms with Crippen LogP contribution in [0, 0.1) is 0 Å². The van der Waals surface area contributed by atoms with Gasteiger partial charge in [-0.3, -0.25) is 4.98 Å². The molecular weight excluding hydrogens is 180 g/mol. The largest absolute Gasteiger partial charge is 0.390 e. The second-order valence-corrected chi connectivity index (χ2v) is 3.68. The fraction of sp³-hybridized carbons (Fsp3) is 0.167. The number of aromatic nitrogens is 1. The van der Waals surface area contributed by atoms with Crippen molar-refractivity contribution < 1.29 is 13.5 Å². The molecule has 1 aromatic rings. The van der Waals surface area contributed by atoms with E-state index in [-0.39, 0.29) is 10.6 Å². The van der Waals surface area contributed by atoms with Crippen molar-refractivity contribution in [2.75, 3.05) is 0 Å². The molecule has 0 aliphatic heterocycles. The first kappa shape index (κ1) is 9.11. The first-order valence-corrected chi connectivity index (χ1v) is 4.68. The highest BCUT2D eigenvalue weighted by Gasteiger charge is 2.12. The standard InChI is InChI=1S/C6H8N2O3S/c7-12(10,11)6-2-1-3-8-5(6)4-9/h1-3,9H,4H2,(H2,7,10,11). The molecule has 0 saturated heterocycles. The van der Waals surface area contributed by atoms with Gasteiger partial charge in [0.25, 0.3) is 0 Å². The maximum Gasteiger partial charge on any atom is 0.239 e. The Bertz CT molecular complexity index is 374. The lowest BCUT2D eigenvalue weighted by molar-refractivity contribution is 0.273. The van der Waals surface area contributed by atoms with Gasteiger partial charge in [0.1, 0.15) is 4.90 Å². The quantitative estimate of drug-likeness (QED) is 0.636. The van der Waals surface area contributed by atoms with Crippen molar-refractivity contribution in [1.29, 1.82) is 0 Å². The predicted octanol–water partition coefficient (Wildman–Crippen LogP) is -0.779. The van der Waals surface area contributed by atoms with E-state index >= 15 is 0 Å². The minimum absolute atomic E-state index is 0.0694. The lowest BCUT2D eigenvalue weighted by Gasteiger charge is -2.01. The van der Waals surface area contributed by atoms with Crippen molar-refractivity contribution in [3.05, 3.63) is 24.0 Å². The summed E-state index contributed by atoms with van der Waals surface area (Å²) in [7, 11) is -3.77. The van der Waals surface area contributed by atoms with Crippen LogP contribution in [0.3, 0.4) is 0 Å². The van der Waals surface area contributed by atoms with Crippen LogP contribution in [0.2, 0.25) is 0 Å². The molecule has 0 saturated carbocycles. The highest BCUT2D eigenvalue weighted by Crippen LogP contribution is 2.09. The molecule has 1 heterocycles. The van der Waals surface area contributed by atoms with E-state index in [0.717, 1.165) is 0 Å². The molecule has 0 fully saturated rings. The monoisotopic (exact) mass is 188 g/mol. The van der Waals surface area contributed by atoms with Crippen molar-refractivity contribution >= 4 is 10.0 Å². The summed E-state index contributed by atoms with van der Waals surface area (Å²) in [6.07, 6.45) is 1.39. The van der Waals surface area contributed by atoms with E-state index in [2.05, 4.69) is 4.98 Å². The summed E-state index contributed by atoms with van der Waals surface area (Å²) in [5, 5.41) is 13.6. The van der Waals surface area contributed by atoms with E-state index in [1.165, 1.54) is 18.3 Å². The van der Waals surface area contributed by atoms with Gasteiger partial charge in [0.15, 0.2) is 0 Å². The summed E-state index contributed by atoms with van der Waals surface area (Å²) >= 11 is 0. The van der Waals surface area contributed by atoms with E-state index in [1.54, 1.807) is 0 Å². The Balaban J connectivity index is 3.33. The predicted molar refractivity (Wildman–Crippen MR) is 41.5 cm³/mol. The van der Waals surface area contributed by atoms with Gasteiger partial charge in [-0.15, -0.1) is 0 Å². The Morgan fingerprint density at radius 2 is 2.25 bits per heavy atom. The summed E-state index contributed by atoms with van der Waals surface area (Å²) in [6.45, 7) is -0.438. The zero-order chi connectivity index (χ0) is 9.19. The molecule has 0 aromatic carbocycles. The fourth-order valence-electron chi connectivity index (χ4n) is 0.801. The normalized spacial score (nSPS) is 11.5. The molecule has 0 aliphatic rings. The average Bonchev–Trinajstić information content (AvgIpc) is 2.03. The van der Waals surface area contributed by atoms with E-state index < -0.39 is 16.6 Å². The minimum atomic E-state index is -3.77. The van der Waals surface area contributed by atoms with Crippen LogP contribution in [0.25, 0.3) is 0 Å². The van der Waals surface area contributed by atoms with Gasteiger partial charge >= 0.3 is 0 Å². The van der Waals surface area contributed by atoms with Gasteiger partial charge in [-0.2, -0.15) is 0 Å². The van der Waals surface area contributed by atoms with Gasteiger partial charge in [-0.1, -0.05) is 0 Å². The molecule has 1 rings (SSSR count). The van der Waals surface area contributed by atoms with Gasteiger partial charge in [-0.25, -0.2) is 13.6 Å². The van der Waals surface area contributed by atoms with E-state index in [1.807, 2.05) is 0 Å². The summed E-state index contributed by atoms with van der Waals surface area (Å²) < 4.78 is 21.7. The molecule has 0 amide bonds. The molecule has 0 aliphatic carbocycles. The lowest BCUT2D eigenvalue weighted by Crippen LogP contribution is -2.15. The van der Waals surface area contributed by atoms with Crippen LogP contribution in [0.5, 0.6) is 0 Å². The minimum Gasteiger partial charge on any atom is -0.390 e. The summed E-state index contributed by atoms with van der Waals surface area (Å²) in [5.41, 5.74) is 0.0694. The van der Waals surface area contributed by atoms with Crippen LogP contribution < -0.4 is 5.14 Å². The number of sulfonamides is 1. The van der Waals surface area contributed by atoms with E-state index in [0.29, 0.717) is 0 Å². The Kier molecular flexibility index (Phi) is 2.41. The second kappa shape index (κ2) is 3.18. The Morgan fingerprint density at radius 1 is 1.58 bits per heavy atom. The molecule has 0 unspecified atom stereocenters. The fourth-order valence-corrected chi connectivity index (χ4v) is 1.51. The summed E-state index contributed by atoms with van der Waals surface area (Å²) in [6, 6.07) is 2.74. The molecule has 66 valence electrons. The summed E-state index contributed by atoms with van der Waals surface area (Å²) in [4.78, 5) is 3.52. The molecule has 0 atom stereocenters. The van der Waals surface area contributed by atoms with Crippen LogP contribution in [0.15, 0.2) is 23.2 Å². The van der Waals surface area contributed by atoms with Crippen LogP contribution >= 0.6 is 0 Å². The van der Waals surface area contributed by atoms with Crippen LogP contribution in [-0.2, 0) is 16.6 Å². The molecule has 3 N–H and O–H groups in total. The van der Waals surface area contributed by atoms with Crippen molar-refractivity contribution in [2.24, 2.45) is 5.14 Å². The highest BCUT2D eigenvalue weighted by molar-refractivity contribution is 7.89. The van der Waals surface area contributed by atoms with Crippen molar-refractivity contribution in [3.8, 4) is 0 Å². The third-order valence-corrected chi connectivity index (χ3v) is 2.29. The first-order valence-electron chi connectivity index (χ1n) is 3.13. The highest BCUT2D eigenvalue weighted by atomic mass is 32.2. The Labute approximate surface area is 69.9 Å². The van der Waals surface area contributed by atoms with Crippen molar-refractivity contribution in [3.63, 3.8) is 0 Å². The number of primary sulfonamides is 1. The molecule has 0 radical (unpaired) electrons. The first-order chi connectivity index (χ1) is 5.55. The number of nitrogens with two attached hydrogens (primary N) is 1. The number of pyridine rings is 1. The number of nitrogens with zero attached hydrogens (tertiary/aromatic N) is 1. The van der Waals surface area contributed by atoms with E-state index in [9.17, 15) is 8.42 Å². The molecule has 12 heavy (non-hydrogen) atoms. The Hall–Kier alpha value is -0.980. The number of hydrogen-bond acceptors (Lipinski definition) is 4. The maximum atomic E-state index is 10.8. The van der Waals surface area contributed by atoms with Gasteiger partial charge in [0.05, 0.1) is 12.3 Å². The number of aliphatic hydroxyl groups is 1. The number of aliphatic hydroxyl groups excluding tert-OH is 1. The zero-order valence-corrected chi connectivity index (χ0v) is 6.95. The van der Waals surface area contributed by atoms with Crippen molar-refractivity contribution in [1.82, 2.24) is 4.98 Å². The van der Waals surface area contributed by atoms with Gasteiger partial charge in [0.2, 0.25) is 10.0 Å². The smallest absolute Gasteiger partial charge is 0.239 e. The third-order valence-electron chi connectivity index (χ3n) is 1.30. The van der Waals surface area contributed by atoms with Gasteiger partial charge in [0, 0.05) is 6.20 Å². The lowest BCUT2D eigenvalue weighted by atomic mass is 10.4. The molecule has 0 bridgehead atoms. The average molecular weight is 188 g/mol. The summed E-state index contributed by atoms with van der Waals surface area (Å²) in [5.74, 6) is 0. The van der Waals surface area contributed by atoms with Crippen LogP contribution in [0.4, 0.5) is 0 Å². The third kappa shape index (κ3) is 1.79. The van der Waals surface area contributed by atoms with Gasteiger partial charge < -0.3 is 5.11 Å². The topological polar surface area (TPSA) is 93.3 Å². The maximum absolute atomic E-state index is 10.8. The SMILES string of the molecule is NS(=O)(=O)c1cccnc1CO. The molecule has 1 aromatic heterocycles.